The predicted molar refractivity (Wildman–Crippen MR) is 85.5 cm³/mol. The summed E-state index contributed by atoms with van der Waals surface area (Å²) >= 11 is 3.36. The molecule has 0 unspecified atom stereocenters. The first-order valence-electron chi connectivity index (χ1n) is 6.91. The number of ether oxygens (including phenoxy) is 1. The van der Waals surface area contributed by atoms with E-state index in [2.05, 4.69) is 15.9 Å². The fourth-order valence-corrected chi connectivity index (χ4v) is 2.77. The average molecular weight is 360 g/mol. The molecule has 0 aromatic heterocycles. The second-order valence-electron chi connectivity index (χ2n) is 5.12. The minimum Gasteiger partial charge on any atom is -0.445 e. The van der Waals surface area contributed by atoms with Crippen molar-refractivity contribution in [3.8, 4) is 0 Å². The molecule has 1 aliphatic rings. The number of rotatable bonds is 2. The monoisotopic (exact) mass is 359 g/mol. The van der Waals surface area contributed by atoms with Crippen molar-refractivity contribution in [2.75, 3.05) is 6.54 Å². The van der Waals surface area contributed by atoms with Crippen molar-refractivity contribution in [2.24, 2.45) is 0 Å². The summed E-state index contributed by atoms with van der Waals surface area (Å²) in [4.78, 5) is 25.7. The highest BCUT2D eigenvalue weighted by Gasteiger charge is 2.27. The van der Waals surface area contributed by atoms with Crippen molar-refractivity contribution in [2.45, 2.75) is 13.2 Å². The smallest absolute Gasteiger partial charge is 0.410 e. The summed E-state index contributed by atoms with van der Waals surface area (Å²) in [7, 11) is 0. The first kappa shape index (κ1) is 14.8. The van der Waals surface area contributed by atoms with Gasteiger partial charge in [-0.3, -0.25) is 9.69 Å². The summed E-state index contributed by atoms with van der Waals surface area (Å²) in [5.74, 6) is -0.0702. The largest absolute Gasteiger partial charge is 0.445 e. The molecule has 0 saturated carbocycles. The predicted octanol–water partition coefficient (Wildman–Crippen LogP) is 3.78. The number of ketones is 1. The van der Waals surface area contributed by atoms with Crippen LogP contribution in [-0.4, -0.2) is 23.3 Å². The summed E-state index contributed by atoms with van der Waals surface area (Å²) in [5, 5.41) is 0. The number of Topliss-reactive ketones (excluding diaryl/α,β-unsaturated/α-hetero) is 1. The number of carbonyl (C=O) groups excluding carboxylic acids is 2. The van der Waals surface area contributed by atoms with Crippen LogP contribution in [-0.2, 0) is 17.9 Å². The van der Waals surface area contributed by atoms with Crippen molar-refractivity contribution < 1.29 is 14.3 Å². The van der Waals surface area contributed by atoms with Crippen LogP contribution in [0.2, 0.25) is 0 Å². The maximum absolute atomic E-state index is 12.2. The van der Waals surface area contributed by atoms with Gasteiger partial charge in [0, 0.05) is 10.0 Å². The van der Waals surface area contributed by atoms with Crippen molar-refractivity contribution in [1.29, 1.82) is 0 Å². The minimum absolute atomic E-state index is 0.0527. The molecule has 1 heterocycles. The second-order valence-corrected chi connectivity index (χ2v) is 6.04. The molecule has 0 saturated heterocycles. The zero-order valence-corrected chi connectivity index (χ0v) is 13.4. The van der Waals surface area contributed by atoms with Gasteiger partial charge in [0.1, 0.15) is 6.61 Å². The molecule has 0 atom stereocenters. The summed E-state index contributed by atoms with van der Waals surface area (Å²) < 4.78 is 6.14. The lowest BCUT2D eigenvalue weighted by Gasteiger charge is -2.27. The lowest BCUT2D eigenvalue weighted by atomic mass is 9.99. The van der Waals surface area contributed by atoms with Gasteiger partial charge in [0.05, 0.1) is 13.1 Å². The van der Waals surface area contributed by atoms with Crippen LogP contribution in [0, 0.1) is 0 Å². The normalized spacial score (nSPS) is 13.7. The second kappa shape index (κ2) is 6.32. The topological polar surface area (TPSA) is 46.6 Å². The Balaban J connectivity index is 1.67. The van der Waals surface area contributed by atoms with E-state index in [1.165, 1.54) is 4.90 Å². The molecule has 5 heteroatoms. The van der Waals surface area contributed by atoms with Gasteiger partial charge in [-0.1, -0.05) is 52.3 Å². The molecule has 0 spiro atoms. The van der Waals surface area contributed by atoms with E-state index in [0.717, 1.165) is 15.6 Å². The molecule has 3 rings (SSSR count). The first-order chi connectivity index (χ1) is 10.6. The van der Waals surface area contributed by atoms with Crippen molar-refractivity contribution in [3.05, 3.63) is 69.7 Å². The molecule has 0 radical (unpaired) electrons. The number of halogens is 1. The quantitative estimate of drug-likeness (QED) is 0.819. The van der Waals surface area contributed by atoms with Gasteiger partial charge in [0.2, 0.25) is 0 Å². The fraction of sp³-hybridized carbons (Fsp3) is 0.176. The lowest BCUT2D eigenvalue weighted by molar-refractivity contribution is 0.0756. The number of benzene rings is 2. The van der Waals surface area contributed by atoms with Crippen LogP contribution in [0.5, 0.6) is 0 Å². The van der Waals surface area contributed by atoms with Gasteiger partial charge < -0.3 is 4.74 Å². The van der Waals surface area contributed by atoms with Crippen molar-refractivity contribution >= 4 is 27.8 Å². The standard InChI is InChI=1S/C17H14BrNO3/c18-14-7-6-13-9-19(10-16(20)15(13)8-14)17(21)22-11-12-4-2-1-3-5-12/h1-8H,9-11H2. The lowest BCUT2D eigenvalue weighted by Crippen LogP contribution is -2.39. The van der Waals surface area contributed by atoms with Crippen LogP contribution in [0.3, 0.4) is 0 Å². The molecule has 1 amide bonds. The number of hydrogen-bond acceptors (Lipinski definition) is 3. The molecule has 2 aromatic carbocycles. The summed E-state index contributed by atoms with van der Waals surface area (Å²) in [5.41, 5.74) is 2.43. The van der Waals surface area contributed by atoms with Gasteiger partial charge in [-0.25, -0.2) is 4.79 Å². The fourth-order valence-electron chi connectivity index (χ4n) is 2.41. The van der Waals surface area contributed by atoms with E-state index in [0.29, 0.717) is 12.1 Å². The van der Waals surface area contributed by atoms with E-state index in [-0.39, 0.29) is 18.9 Å². The molecule has 2 aromatic rings. The van der Waals surface area contributed by atoms with Crippen LogP contribution in [0.4, 0.5) is 4.79 Å². The van der Waals surface area contributed by atoms with Crippen LogP contribution < -0.4 is 0 Å². The van der Waals surface area contributed by atoms with E-state index in [4.69, 9.17) is 4.74 Å². The minimum atomic E-state index is -0.467. The van der Waals surface area contributed by atoms with Gasteiger partial charge in [0.15, 0.2) is 5.78 Å². The SMILES string of the molecule is O=C1CN(C(=O)OCc2ccccc2)Cc2ccc(Br)cc21. The zero-order valence-electron chi connectivity index (χ0n) is 11.8. The third-order valence-electron chi connectivity index (χ3n) is 3.53. The molecule has 112 valence electrons. The summed E-state index contributed by atoms with van der Waals surface area (Å²) in [6, 6.07) is 15.0. The Bertz CT molecular complexity index is 715. The number of hydrogen-bond donors (Lipinski definition) is 0. The molecular formula is C17H14BrNO3. The molecule has 0 aliphatic carbocycles. The molecule has 0 N–H and O–H groups in total. The molecule has 0 fully saturated rings. The van der Waals surface area contributed by atoms with Crippen molar-refractivity contribution in [1.82, 2.24) is 4.90 Å². The van der Waals surface area contributed by atoms with Crippen LogP contribution in [0.15, 0.2) is 53.0 Å². The van der Waals surface area contributed by atoms with E-state index >= 15 is 0 Å². The molecule has 1 aliphatic heterocycles. The molecular weight excluding hydrogens is 346 g/mol. The molecule has 22 heavy (non-hydrogen) atoms. The number of amides is 1. The Morgan fingerprint density at radius 1 is 1.14 bits per heavy atom. The Morgan fingerprint density at radius 3 is 2.68 bits per heavy atom. The maximum atomic E-state index is 12.2. The highest BCUT2D eigenvalue weighted by atomic mass is 79.9. The van der Waals surface area contributed by atoms with Gasteiger partial charge >= 0.3 is 6.09 Å². The van der Waals surface area contributed by atoms with E-state index in [9.17, 15) is 9.59 Å². The number of carbonyl (C=O) groups is 2. The van der Waals surface area contributed by atoms with E-state index in [1.807, 2.05) is 42.5 Å². The van der Waals surface area contributed by atoms with Gasteiger partial charge in [0.25, 0.3) is 0 Å². The Labute approximate surface area is 136 Å². The summed E-state index contributed by atoms with van der Waals surface area (Å²) in [6.07, 6.45) is -0.467. The maximum Gasteiger partial charge on any atom is 0.410 e. The van der Waals surface area contributed by atoms with Crippen LogP contribution >= 0.6 is 15.9 Å². The first-order valence-corrected chi connectivity index (χ1v) is 7.70. The third-order valence-corrected chi connectivity index (χ3v) is 4.02. The van der Waals surface area contributed by atoms with Gasteiger partial charge in [-0.05, 0) is 23.3 Å². The van der Waals surface area contributed by atoms with Gasteiger partial charge in [-0.2, -0.15) is 0 Å². The van der Waals surface area contributed by atoms with Crippen LogP contribution in [0.25, 0.3) is 0 Å². The molecule has 0 bridgehead atoms. The summed E-state index contributed by atoms with van der Waals surface area (Å²) in [6.45, 7) is 0.649. The number of nitrogens with zero attached hydrogens (tertiary/aromatic N) is 1. The van der Waals surface area contributed by atoms with Crippen LogP contribution in [0.1, 0.15) is 21.5 Å². The van der Waals surface area contributed by atoms with E-state index in [1.54, 1.807) is 6.07 Å². The van der Waals surface area contributed by atoms with Crippen molar-refractivity contribution in [3.63, 3.8) is 0 Å². The highest BCUT2D eigenvalue weighted by molar-refractivity contribution is 9.10. The zero-order chi connectivity index (χ0) is 15.5. The Kier molecular flexibility index (Phi) is 4.24. The number of fused-ring (bicyclic) bond motifs is 1. The average Bonchev–Trinajstić information content (AvgIpc) is 2.54. The Hall–Kier alpha value is -2.14. The van der Waals surface area contributed by atoms with E-state index < -0.39 is 6.09 Å². The Morgan fingerprint density at radius 2 is 1.91 bits per heavy atom. The molecule has 4 nitrogen and oxygen atoms in total. The van der Waals surface area contributed by atoms with Gasteiger partial charge in [-0.15, -0.1) is 0 Å². The highest BCUT2D eigenvalue weighted by Crippen LogP contribution is 2.23. The third kappa shape index (κ3) is 3.20.